The molecular weight excluding hydrogens is 535 g/mol. The Hall–Kier alpha value is -4.06. The van der Waals surface area contributed by atoms with Gasteiger partial charge in [0.05, 0.1) is 16.6 Å². The van der Waals surface area contributed by atoms with Gasteiger partial charge in [-0.15, -0.1) is 0 Å². The molecule has 4 N–H and O–H groups in total. The lowest BCUT2D eigenvalue weighted by Gasteiger charge is -2.37. The first kappa shape index (κ1) is 28.5. The Labute approximate surface area is 235 Å². The molecule has 2 aliphatic heterocycles. The Morgan fingerprint density at radius 1 is 1.00 bits per heavy atom. The number of imidazole rings is 1. The van der Waals surface area contributed by atoms with Gasteiger partial charge in [-0.05, 0) is 93.2 Å². The number of carbonyl (C=O) groups excluding carboxylic acids is 1. The highest BCUT2D eigenvalue weighted by Gasteiger charge is 2.34. The van der Waals surface area contributed by atoms with Crippen LogP contribution in [-0.4, -0.2) is 62.5 Å². The lowest BCUT2D eigenvalue weighted by Crippen LogP contribution is -2.46. The normalized spacial score (nSPS) is 18.5. The summed E-state index contributed by atoms with van der Waals surface area (Å²) in [7, 11) is 0. The van der Waals surface area contributed by atoms with Crippen molar-refractivity contribution < 1.29 is 18.0 Å². The van der Waals surface area contributed by atoms with Crippen LogP contribution in [0.1, 0.15) is 37.3 Å². The molecule has 2 saturated heterocycles. The number of amides is 1. The molecule has 41 heavy (non-hydrogen) atoms. The third-order valence-corrected chi connectivity index (χ3v) is 8.09. The van der Waals surface area contributed by atoms with Crippen LogP contribution in [-0.2, 0) is 11.0 Å². The zero-order valence-corrected chi connectivity index (χ0v) is 22.6. The Morgan fingerprint density at radius 2 is 1.73 bits per heavy atom. The van der Waals surface area contributed by atoms with Gasteiger partial charge < -0.3 is 16.4 Å². The molecule has 0 unspecified atom stereocenters. The molecule has 4 heterocycles. The van der Waals surface area contributed by atoms with E-state index in [9.17, 15) is 22.8 Å². The molecular formula is C29H34F3N7O2. The monoisotopic (exact) mass is 569 g/mol. The molecule has 1 amide bonds. The molecule has 0 atom stereocenters. The Kier molecular flexibility index (Phi) is 8.20. The molecule has 12 heteroatoms. The molecule has 0 radical (unpaired) electrons. The molecule has 218 valence electrons. The minimum absolute atomic E-state index is 0.0623. The number of benzene rings is 1. The number of piperidine rings is 2. The molecule has 3 aromatic rings. The van der Waals surface area contributed by atoms with Crippen molar-refractivity contribution in [2.24, 2.45) is 17.4 Å². The third-order valence-electron chi connectivity index (χ3n) is 8.09. The van der Waals surface area contributed by atoms with Gasteiger partial charge in [-0.1, -0.05) is 6.07 Å². The van der Waals surface area contributed by atoms with Gasteiger partial charge >= 0.3 is 11.9 Å². The predicted octanol–water partition coefficient (Wildman–Crippen LogP) is 3.40. The molecule has 9 nitrogen and oxygen atoms in total. The number of halogens is 3. The summed E-state index contributed by atoms with van der Waals surface area (Å²) >= 11 is 0. The second-order valence-electron chi connectivity index (χ2n) is 10.6. The van der Waals surface area contributed by atoms with E-state index in [0.29, 0.717) is 38.0 Å². The van der Waals surface area contributed by atoms with Crippen LogP contribution in [0.25, 0.3) is 16.9 Å². The SMILES string of the molecule is N/C=C\C(=C/N)CN1CCC(C(=O)N2CCC(n3c(=O)n(-c4ccccn4)c4cc(C(F)(F)F)ccc43)CC2)CC1. The third kappa shape index (κ3) is 5.88. The summed E-state index contributed by atoms with van der Waals surface area (Å²) in [6.45, 7) is 3.21. The summed E-state index contributed by atoms with van der Waals surface area (Å²) in [5.74, 6) is 0.318. The minimum atomic E-state index is -4.55. The first-order valence-electron chi connectivity index (χ1n) is 13.8. The van der Waals surface area contributed by atoms with Crippen molar-refractivity contribution in [2.75, 3.05) is 32.7 Å². The second-order valence-corrected chi connectivity index (χ2v) is 10.6. The molecule has 0 bridgehead atoms. The molecule has 2 aliphatic rings. The number of nitrogens with zero attached hydrogens (tertiary/aromatic N) is 5. The van der Waals surface area contributed by atoms with E-state index >= 15 is 0 Å². The van der Waals surface area contributed by atoms with Crippen LogP contribution in [0, 0.1) is 5.92 Å². The molecule has 2 fully saturated rings. The fourth-order valence-electron chi connectivity index (χ4n) is 5.94. The van der Waals surface area contributed by atoms with Gasteiger partial charge in [-0.25, -0.2) is 14.3 Å². The number of hydrogen-bond acceptors (Lipinski definition) is 6. The molecule has 2 aromatic heterocycles. The van der Waals surface area contributed by atoms with Crippen molar-refractivity contribution >= 4 is 16.9 Å². The summed E-state index contributed by atoms with van der Waals surface area (Å²) in [5, 5.41) is 0. The van der Waals surface area contributed by atoms with Crippen LogP contribution in [0.3, 0.4) is 0 Å². The van der Waals surface area contributed by atoms with E-state index < -0.39 is 17.4 Å². The van der Waals surface area contributed by atoms with Crippen LogP contribution in [0.5, 0.6) is 0 Å². The highest BCUT2D eigenvalue weighted by Crippen LogP contribution is 2.34. The van der Waals surface area contributed by atoms with Gasteiger partial charge in [0.25, 0.3) is 0 Å². The van der Waals surface area contributed by atoms with Crippen molar-refractivity contribution in [1.29, 1.82) is 0 Å². The summed E-state index contributed by atoms with van der Waals surface area (Å²) in [6, 6.07) is 8.08. The number of nitrogens with two attached hydrogens (primary N) is 2. The first-order valence-corrected chi connectivity index (χ1v) is 13.8. The molecule has 5 rings (SSSR count). The van der Waals surface area contributed by atoms with Gasteiger partial charge in [0, 0.05) is 37.8 Å². The molecule has 0 saturated carbocycles. The number of alkyl halides is 3. The molecule has 0 spiro atoms. The Morgan fingerprint density at radius 3 is 2.34 bits per heavy atom. The maximum atomic E-state index is 13.7. The van der Waals surface area contributed by atoms with Gasteiger partial charge in [0.1, 0.15) is 5.82 Å². The van der Waals surface area contributed by atoms with Crippen LogP contribution < -0.4 is 17.2 Å². The fourth-order valence-corrected chi connectivity index (χ4v) is 5.94. The van der Waals surface area contributed by atoms with Crippen molar-refractivity contribution in [3.05, 3.63) is 82.7 Å². The van der Waals surface area contributed by atoms with E-state index in [1.165, 1.54) is 23.0 Å². The number of carbonyl (C=O) groups is 1. The highest BCUT2D eigenvalue weighted by molar-refractivity contribution is 5.80. The zero-order valence-electron chi connectivity index (χ0n) is 22.6. The van der Waals surface area contributed by atoms with Gasteiger partial charge in [0.15, 0.2) is 0 Å². The topological polar surface area (TPSA) is 115 Å². The van der Waals surface area contributed by atoms with E-state index in [1.54, 1.807) is 35.0 Å². The lowest BCUT2D eigenvalue weighted by molar-refractivity contribution is -0.138. The minimum Gasteiger partial charge on any atom is -0.405 e. The number of rotatable bonds is 6. The maximum Gasteiger partial charge on any atom is 0.416 e. The molecule has 1 aromatic carbocycles. The number of pyridine rings is 1. The first-order chi connectivity index (χ1) is 19.7. The quantitative estimate of drug-likeness (QED) is 0.440. The lowest BCUT2D eigenvalue weighted by atomic mass is 9.93. The van der Waals surface area contributed by atoms with Crippen molar-refractivity contribution in [3.8, 4) is 5.82 Å². The fraction of sp³-hybridized carbons (Fsp3) is 0.414. The average molecular weight is 570 g/mol. The molecule has 0 aliphatic carbocycles. The van der Waals surface area contributed by atoms with Crippen molar-refractivity contribution in [2.45, 2.75) is 37.9 Å². The van der Waals surface area contributed by atoms with E-state index in [1.807, 2.05) is 4.90 Å². The van der Waals surface area contributed by atoms with E-state index in [4.69, 9.17) is 11.5 Å². The second kappa shape index (κ2) is 11.8. The van der Waals surface area contributed by atoms with E-state index in [0.717, 1.165) is 43.6 Å². The standard InChI is InChI=1S/C29H34F3N7O2/c30-29(31,32)22-4-5-24-25(17-22)39(26-3-1-2-12-35-26)28(41)38(24)23-9-15-37(16-10-23)27(40)21-7-13-36(14-8-21)19-20(18-34)6-11-33/h1-6,11-12,17-18,21,23H,7-10,13-16,19,33-34H2/b11-6-,20-18+. The summed E-state index contributed by atoms with van der Waals surface area (Å²) in [5.41, 5.74) is 11.4. The largest absolute Gasteiger partial charge is 0.416 e. The number of likely N-dealkylation sites (tertiary alicyclic amines) is 2. The van der Waals surface area contributed by atoms with E-state index in [-0.39, 0.29) is 29.2 Å². The summed E-state index contributed by atoms with van der Waals surface area (Å²) < 4.78 is 43.4. The number of fused-ring (bicyclic) bond motifs is 1. The van der Waals surface area contributed by atoms with Crippen molar-refractivity contribution in [3.63, 3.8) is 0 Å². The summed E-state index contributed by atoms with van der Waals surface area (Å²) in [4.78, 5) is 35.4. The van der Waals surface area contributed by atoms with Crippen molar-refractivity contribution in [1.82, 2.24) is 23.9 Å². The van der Waals surface area contributed by atoms with Crippen LogP contribution in [0.15, 0.2) is 71.4 Å². The predicted molar refractivity (Wildman–Crippen MR) is 150 cm³/mol. The van der Waals surface area contributed by atoms with Gasteiger partial charge in [0.2, 0.25) is 5.91 Å². The number of aromatic nitrogens is 3. The smallest absolute Gasteiger partial charge is 0.405 e. The van der Waals surface area contributed by atoms with Crippen LogP contribution in [0.4, 0.5) is 13.2 Å². The van der Waals surface area contributed by atoms with Crippen LogP contribution >= 0.6 is 0 Å². The number of hydrogen-bond donors (Lipinski definition) is 2. The van der Waals surface area contributed by atoms with Gasteiger partial charge in [-0.3, -0.25) is 14.3 Å². The van der Waals surface area contributed by atoms with E-state index in [2.05, 4.69) is 9.88 Å². The Balaban J connectivity index is 1.31. The maximum absolute atomic E-state index is 13.7. The highest BCUT2D eigenvalue weighted by atomic mass is 19.4. The van der Waals surface area contributed by atoms with Gasteiger partial charge in [-0.2, -0.15) is 13.2 Å². The summed E-state index contributed by atoms with van der Waals surface area (Å²) in [6.07, 6.45) is 4.29. The van der Waals surface area contributed by atoms with Crippen LogP contribution in [0.2, 0.25) is 0 Å². The Bertz CT molecular complexity index is 1490. The zero-order chi connectivity index (χ0) is 29.1. The average Bonchev–Trinajstić information content (AvgIpc) is 3.28.